The predicted molar refractivity (Wildman–Crippen MR) is 111 cm³/mol. The van der Waals surface area contributed by atoms with Gasteiger partial charge in [0.25, 0.3) is 5.91 Å². The normalized spacial score (nSPS) is 10.5. The molecule has 142 valence electrons. The van der Waals surface area contributed by atoms with E-state index in [4.69, 9.17) is 4.74 Å². The summed E-state index contributed by atoms with van der Waals surface area (Å²) in [6.45, 7) is 0. The van der Waals surface area contributed by atoms with Crippen molar-refractivity contribution in [2.45, 2.75) is 0 Å². The maximum Gasteiger partial charge on any atom is 0.339 e. The van der Waals surface area contributed by atoms with Crippen LogP contribution in [0.4, 0.5) is 5.69 Å². The molecule has 0 radical (unpaired) electrons. The van der Waals surface area contributed by atoms with E-state index in [0.717, 1.165) is 16.3 Å². The first-order chi connectivity index (χ1) is 14.2. The number of hydrogen-bond donors (Lipinski definition) is 1. The second-order valence-electron chi connectivity index (χ2n) is 6.35. The van der Waals surface area contributed by atoms with Crippen LogP contribution in [0.5, 0.6) is 0 Å². The first kappa shape index (κ1) is 18.3. The maximum absolute atomic E-state index is 12.7. The number of carbonyl (C=O) groups is 2. The number of carbonyl (C=O) groups excluding carboxylic acids is 2. The third-order valence-electron chi connectivity index (χ3n) is 4.49. The zero-order chi connectivity index (χ0) is 20.2. The highest BCUT2D eigenvalue weighted by molar-refractivity contribution is 6.10. The van der Waals surface area contributed by atoms with Crippen LogP contribution in [-0.2, 0) is 4.74 Å². The van der Waals surface area contributed by atoms with E-state index < -0.39 is 11.9 Å². The second-order valence-corrected chi connectivity index (χ2v) is 6.35. The summed E-state index contributed by atoms with van der Waals surface area (Å²) in [7, 11) is 1.30. The van der Waals surface area contributed by atoms with Gasteiger partial charge >= 0.3 is 5.97 Å². The lowest BCUT2D eigenvalue weighted by Gasteiger charge is -2.12. The number of rotatable bonds is 4. The van der Waals surface area contributed by atoms with Crippen molar-refractivity contribution in [3.8, 4) is 11.4 Å². The van der Waals surface area contributed by atoms with Gasteiger partial charge < -0.3 is 10.1 Å². The molecule has 0 spiro atoms. The molecule has 0 aliphatic rings. The van der Waals surface area contributed by atoms with Gasteiger partial charge in [-0.3, -0.25) is 4.79 Å². The number of fused-ring (bicyclic) bond motifs is 1. The summed E-state index contributed by atoms with van der Waals surface area (Å²) in [6.07, 6.45) is 2.92. The molecule has 0 unspecified atom stereocenters. The smallest absolute Gasteiger partial charge is 0.339 e. The molecular weight excluding hydrogens is 366 g/mol. The molecule has 6 nitrogen and oxygen atoms in total. The molecule has 4 aromatic rings. The molecule has 1 aromatic heterocycles. The van der Waals surface area contributed by atoms with E-state index in [1.807, 2.05) is 54.6 Å². The minimum absolute atomic E-state index is 0.279. The zero-order valence-electron chi connectivity index (χ0n) is 15.6. The van der Waals surface area contributed by atoms with Gasteiger partial charge in [0, 0.05) is 18.0 Å². The molecule has 0 bridgehead atoms. The fraction of sp³-hybridized carbons (Fsp3) is 0.0435. The first-order valence-electron chi connectivity index (χ1n) is 8.95. The number of hydrogen-bond acceptors (Lipinski definition) is 5. The number of nitrogens with zero attached hydrogens (tertiary/aromatic N) is 2. The number of methoxy groups -OCH3 is 1. The van der Waals surface area contributed by atoms with Gasteiger partial charge in [-0.05, 0) is 22.9 Å². The minimum atomic E-state index is -0.526. The van der Waals surface area contributed by atoms with Crippen molar-refractivity contribution in [1.82, 2.24) is 9.97 Å². The first-order valence-corrected chi connectivity index (χ1v) is 8.95. The zero-order valence-corrected chi connectivity index (χ0v) is 15.6. The van der Waals surface area contributed by atoms with Crippen molar-refractivity contribution in [3.05, 3.63) is 90.3 Å². The average Bonchev–Trinajstić information content (AvgIpc) is 2.78. The topological polar surface area (TPSA) is 81.2 Å². The lowest BCUT2D eigenvalue weighted by atomic mass is 10.0. The fourth-order valence-corrected chi connectivity index (χ4v) is 3.00. The van der Waals surface area contributed by atoms with Gasteiger partial charge in [0.15, 0.2) is 5.82 Å². The molecule has 0 aliphatic carbocycles. The molecule has 1 amide bonds. The van der Waals surface area contributed by atoms with Gasteiger partial charge in [-0.1, -0.05) is 54.6 Å². The quantitative estimate of drug-likeness (QED) is 0.530. The van der Waals surface area contributed by atoms with E-state index in [-0.39, 0.29) is 11.1 Å². The lowest BCUT2D eigenvalue weighted by Crippen LogP contribution is -2.16. The Morgan fingerprint density at radius 3 is 2.14 bits per heavy atom. The molecule has 1 N–H and O–H groups in total. The summed E-state index contributed by atoms with van der Waals surface area (Å²) in [5.41, 5.74) is 1.80. The Hall–Kier alpha value is -4.06. The van der Waals surface area contributed by atoms with Crippen LogP contribution in [0.25, 0.3) is 22.2 Å². The van der Waals surface area contributed by atoms with Crippen LogP contribution >= 0.6 is 0 Å². The van der Waals surface area contributed by atoms with Crippen molar-refractivity contribution in [3.63, 3.8) is 0 Å². The van der Waals surface area contributed by atoms with Crippen molar-refractivity contribution in [1.29, 1.82) is 0 Å². The number of nitrogens with one attached hydrogen (secondary N) is 1. The van der Waals surface area contributed by atoms with Gasteiger partial charge in [0.1, 0.15) is 0 Å². The predicted octanol–water partition coefficient (Wildman–Crippen LogP) is 4.34. The Morgan fingerprint density at radius 1 is 0.862 bits per heavy atom. The largest absolute Gasteiger partial charge is 0.465 e. The van der Waals surface area contributed by atoms with E-state index in [9.17, 15) is 9.59 Å². The van der Waals surface area contributed by atoms with Crippen LogP contribution in [-0.4, -0.2) is 29.0 Å². The van der Waals surface area contributed by atoms with Gasteiger partial charge in [0.05, 0.1) is 23.9 Å². The summed E-state index contributed by atoms with van der Waals surface area (Å²) in [5, 5.41) is 4.54. The van der Waals surface area contributed by atoms with Crippen LogP contribution in [0.3, 0.4) is 0 Å². The van der Waals surface area contributed by atoms with Crippen LogP contribution in [0.15, 0.2) is 79.1 Å². The molecule has 6 heteroatoms. The van der Waals surface area contributed by atoms with Gasteiger partial charge in [-0.15, -0.1) is 0 Å². The lowest BCUT2D eigenvalue weighted by molar-refractivity contribution is 0.0602. The molecule has 0 saturated carbocycles. The minimum Gasteiger partial charge on any atom is -0.465 e. The maximum atomic E-state index is 12.7. The molecule has 29 heavy (non-hydrogen) atoms. The number of benzene rings is 3. The van der Waals surface area contributed by atoms with E-state index in [2.05, 4.69) is 15.3 Å². The summed E-state index contributed by atoms with van der Waals surface area (Å²) in [5.74, 6) is -0.408. The van der Waals surface area contributed by atoms with E-state index in [1.165, 1.54) is 19.5 Å². The van der Waals surface area contributed by atoms with Crippen molar-refractivity contribution >= 4 is 28.3 Å². The molecule has 0 aliphatic heterocycles. The Balaban J connectivity index is 1.64. The Labute approximate surface area is 167 Å². The third kappa shape index (κ3) is 3.82. The van der Waals surface area contributed by atoms with E-state index in [0.29, 0.717) is 11.5 Å². The van der Waals surface area contributed by atoms with Gasteiger partial charge in [-0.25, -0.2) is 14.8 Å². The summed E-state index contributed by atoms with van der Waals surface area (Å²) >= 11 is 0. The van der Waals surface area contributed by atoms with Crippen LogP contribution in [0.1, 0.15) is 20.7 Å². The monoisotopic (exact) mass is 383 g/mol. The molecular formula is C23H17N3O3. The highest BCUT2D eigenvalue weighted by Gasteiger charge is 2.17. The van der Waals surface area contributed by atoms with Crippen LogP contribution in [0.2, 0.25) is 0 Å². The molecule has 0 fully saturated rings. The Bertz CT molecular complexity index is 1190. The Morgan fingerprint density at radius 2 is 1.48 bits per heavy atom. The summed E-state index contributed by atoms with van der Waals surface area (Å²) in [6, 6.07) is 20.5. The molecule has 3 aromatic carbocycles. The average molecular weight is 383 g/mol. The Kier molecular flexibility index (Phi) is 4.99. The second kappa shape index (κ2) is 7.90. The third-order valence-corrected chi connectivity index (χ3v) is 4.49. The molecule has 0 saturated heterocycles. The van der Waals surface area contributed by atoms with E-state index >= 15 is 0 Å². The number of amides is 1. The number of aromatic nitrogens is 2. The highest BCUT2D eigenvalue weighted by Crippen LogP contribution is 2.25. The van der Waals surface area contributed by atoms with Crippen LogP contribution in [0, 0.1) is 0 Å². The molecule has 0 atom stereocenters. The van der Waals surface area contributed by atoms with Crippen molar-refractivity contribution < 1.29 is 14.3 Å². The fourth-order valence-electron chi connectivity index (χ4n) is 3.00. The summed E-state index contributed by atoms with van der Waals surface area (Å²) < 4.78 is 4.86. The number of esters is 1. The van der Waals surface area contributed by atoms with E-state index in [1.54, 1.807) is 12.1 Å². The molecule has 4 rings (SSSR count). The number of anilines is 1. The highest BCUT2D eigenvalue weighted by atomic mass is 16.5. The SMILES string of the molecule is COC(=O)c1cc2ccccc2cc1NC(=O)c1cnc(-c2ccccc2)nc1. The van der Waals surface area contributed by atoms with Crippen molar-refractivity contribution in [2.24, 2.45) is 0 Å². The van der Waals surface area contributed by atoms with Gasteiger partial charge in [-0.2, -0.15) is 0 Å². The standard InChI is InChI=1S/C23H17N3O3/c1-29-23(28)19-11-16-9-5-6-10-17(16)12-20(19)26-22(27)18-13-24-21(25-14-18)15-7-3-2-4-8-15/h2-14H,1H3,(H,26,27). The molecule has 1 heterocycles. The van der Waals surface area contributed by atoms with Gasteiger partial charge in [0.2, 0.25) is 0 Å². The number of ether oxygens (including phenoxy) is 1. The van der Waals surface area contributed by atoms with Crippen LogP contribution < -0.4 is 5.32 Å². The summed E-state index contributed by atoms with van der Waals surface area (Å²) in [4.78, 5) is 33.5. The van der Waals surface area contributed by atoms with Crippen molar-refractivity contribution in [2.75, 3.05) is 12.4 Å².